The second-order valence-corrected chi connectivity index (χ2v) is 6.79. The number of carbonyl (C=O) groups is 2. The van der Waals surface area contributed by atoms with Gasteiger partial charge in [-0.2, -0.15) is 0 Å². The van der Waals surface area contributed by atoms with E-state index in [1.165, 1.54) is 6.26 Å². The summed E-state index contributed by atoms with van der Waals surface area (Å²) in [6, 6.07) is 9.71. The first-order valence-corrected chi connectivity index (χ1v) is 9.51. The summed E-state index contributed by atoms with van der Waals surface area (Å²) in [5, 5.41) is 9.85. The van der Waals surface area contributed by atoms with E-state index in [-0.39, 0.29) is 11.1 Å². The summed E-state index contributed by atoms with van der Waals surface area (Å²) in [4.78, 5) is 25.0. The molecular weight excluding hydrogens is 376 g/mol. The van der Waals surface area contributed by atoms with Crippen LogP contribution in [0.2, 0.25) is 0 Å². The highest BCUT2D eigenvalue weighted by Gasteiger charge is 2.30. The molecule has 0 aromatic heterocycles. The summed E-state index contributed by atoms with van der Waals surface area (Å²) < 4.78 is 5.30. The van der Waals surface area contributed by atoms with Crippen molar-refractivity contribution < 1.29 is 19.4 Å². The minimum Gasteiger partial charge on any atom is -0.478 e. The van der Waals surface area contributed by atoms with E-state index < -0.39 is 11.9 Å². The van der Waals surface area contributed by atoms with Crippen molar-refractivity contribution in [3.8, 4) is 0 Å². The van der Waals surface area contributed by atoms with Gasteiger partial charge in [0.2, 0.25) is 0 Å². The molecule has 4 heteroatoms. The van der Waals surface area contributed by atoms with E-state index in [9.17, 15) is 14.7 Å². The van der Waals surface area contributed by atoms with Crippen LogP contribution in [0, 0.1) is 0 Å². The van der Waals surface area contributed by atoms with Gasteiger partial charge in [-0.25, -0.2) is 9.59 Å². The zero-order valence-corrected chi connectivity index (χ0v) is 16.8. The van der Waals surface area contributed by atoms with Gasteiger partial charge in [-0.3, -0.25) is 0 Å². The van der Waals surface area contributed by atoms with Gasteiger partial charge in [-0.15, -0.1) is 0 Å². The monoisotopic (exact) mass is 398 g/mol. The first kappa shape index (κ1) is 20.8. The molecule has 1 aromatic carbocycles. The average Bonchev–Trinajstić information content (AvgIpc) is 3.01. The van der Waals surface area contributed by atoms with Gasteiger partial charge in [0.15, 0.2) is 0 Å². The Morgan fingerprint density at radius 3 is 2.47 bits per heavy atom. The number of fused-ring (bicyclic) bond motifs is 1. The third kappa shape index (κ3) is 4.73. The first-order valence-electron chi connectivity index (χ1n) is 9.51. The molecule has 0 spiro atoms. The molecule has 2 aliphatic rings. The van der Waals surface area contributed by atoms with Crippen LogP contribution in [0.5, 0.6) is 0 Å². The molecule has 0 aliphatic heterocycles. The van der Waals surface area contributed by atoms with Crippen LogP contribution in [0.4, 0.5) is 0 Å². The van der Waals surface area contributed by atoms with Crippen molar-refractivity contribution in [1.29, 1.82) is 0 Å². The molecule has 0 saturated carbocycles. The van der Waals surface area contributed by atoms with E-state index in [1.54, 1.807) is 31.2 Å². The number of benzene rings is 1. The Hall–Kier alpha value is -3.92. The number of carboxylic acid groups (broad SMARTS) is 1. The predicted molar refractivity (Wildman–Crippen MR) is 118 cm³/mol. The SMILES string of the molecule is CC1=C(C)C(C(=O)O)=C(C(=O)OC=CC=Cc2ccccc2)C2=CC=CC=CC2=C1. The summed E-state index contributed by atoms with van der Waals surface area (Å²) in [6.45, 7) is 3.53. The van der Waals surface area contributed by atoms with Gasteiger partial charge in [0, 0.05) is 0 Å². The summed E-state index contributed by atoms with van der Waals surface area (Å²) in [7, 11) is 0. The smallest absolute Gasteiger partial charge is 0.344 e. The van der Waals surface area contributed by atoms with Crippen molar-refractivity contribution in [3.63, 3.8) is 0 Å². The fraction of sp³-hybridized carbons (Fsp3) is 0.0769. The topological polar surface area (TPSA) is 63.6 Å². The van der Waals surface area contributed by atoms with Gasteiger partial charge in [0.1, 0.15) is 0 Å². The molecule has 1 aromatic rings. The van der Waals surface area contributed by atoms with Crippen LogP contribution in [-0.4, -0.2) is 17.0 Å². The van der Waals surface area contributed by atoms with Crippen molar-refractivity contribution in [2.45, 2.75) is 13.8 Å². The molecule has 0 atom stereocenters. The van der Waals surface area contributed by atoms with E-state index in [0.29, 0.717) is 11.1 Å². The maximum atomic E-state index is 13.0. The first-order chi connectivity index (χ1) is 14.5. The van der Waals surface area contributed by atoms with Crippen molar-refractivity contribution >= 4 is 18.0 Å². The van der Waals surface area contributed by atoms with Crippen LogP contribution >= 0.6 is 0 Å². The summed E-state index contributed by atoms with van der Waals surface area (Å²) >= 11 is 0. The van der Waals surface area contributed by atoms with Crippen LogP contribution in [0.3, 0.4) is 0 Å². The van der Waals surface area contributed by atoms with E-state index >= 15 is 0 Å². The molecule has 0 heterocycles. The lowest BCUT2D eigenvalue weighted by Gasteiger charge is -2.13. The van der Waals surface area contributed by atoms with Crippen LogP contribution in [0.1, 0.15) is 19.4 Å². The van der Waals surface area contributed by atoms with Crippen molar-refractivity contribution in [1.82, 2.24) is 0 Å². The molecule has 0 unspecified atom stereocenters. The molecule has 3 rings (SSSR count). The number of hydrogen-bond donors (Lipinski definition) is 1. The molecule has 30 heavy (non-hydrogen) atoms. The largest absolute Gasteiger partial charge is 0.478 e. The lowest BCUT2D eigenvalue weighted by atomic mass is 9.92. The minimum atomic E-state index is -1.17. The standard InChI is InChI=1S/C26H22O4/c1-18-17-21-14-7-4-8-15-22(21)24(23(19(18)2)25(27)28)26(29)30-16-10-9-13-20-11-5-3-6-12-20/h3-17H,1-2H3,(H,27,28). The predicted octanol–water partition coefficient (Wildman–Crippen LogP) is 5.47. The molecular formula is C26H22O4. The van der Waals surface area contributed by atoms with Crippen molar-refractivity contribution in [2.75, 3.05) is 0 Å². The molecule has 0 amide bonds. The second-order valence-electron chi connectivity index (χ2n) is 6.79. The summed E-state index contributed by atoms with van der Waals surface area (Å²) in [6.07, 6.45) is 17.4. The number of rotatable bonds is 5. The third-order valence-electron chi connectivity index (χ3n) is 4.80. The fourth-order valence-corrected chi connectivity index (χ4v) is 3.19. The van der Waals surface area contributed by atoms with Crippen LogP contribution in [-0.2, 0) is 14.3 Å². The number of carboxylic acids is 1. The number of esters is 1. The van der Waals surface area contributed by atoms with Gasteiger partial charge in [0.25, 0.3) is 0 Å². The number of aliphatic carboxylic acids is 1. The average molecular weight is 398 g/mol. The second kappa shape index (κ2) is 9.52. The molecule has 0 saturated heterocycles. The number of carbonyl (C=O) groups excluding carboxylic acids is 1. The summed E-state index contributed by atoms with van der Waals surface area (Å²) in [5.41, 5.74) is 3.59. The Bertz CT molecular complexity index is 1100. The highest BCUT2D eigenvalue weighted by Crippen LogP contribution is 2.35. The maximum Gasteiger partial charge on any atom is 0.344 e. The minimum absolute atomic E-state index is 0.0380. The molecule has 0 fully saturated rings. The Kier molecular flexibility index (Phi) is 6.60. The zero-order valence-electron chi connectivity index (χ0n) is 16.8. The van der Waals surface area contributed by atoms with Crippen LogP contribution in [0.25, 0.3) is 6.08 Å². The third-order valence-corrected chi connectivity index (χ3v) is 4.80. The number of hydrogen-bond acceptors (Lipinski definition) is 3. The molecule has 150 valence electrons. The van der Waals surface area contributed by atoms with E-state index in [0.717, 1.165) is 16.7 Å². The quantitative estimate of drug-likeness (QED) is 0.406. The highest BCUT2D eigenvalue weighted by molar-refractivity contribution is 6.07. The van der Waals surface area contributed by atoms with E-state index in [4.69, 9.17) is 4.74 Å². The number of ether oxygens (including phenoxy) is 1. The maximum absolute atomic E-state index is 13.0. The number of allylic oxidation sites excluding steroid dienone is 10. The van der Waals surface area contributed by atoms with Gasteiger partial charge in [-0.05, 0) is 47.8 Å². The Morgan fingerprint density at radius 2 is 1.73 bits per heavy atom. The molecule has 4 nitrogen and oxygen atoms in total. The van der Waals surface area contributed by atoms with E-state index in [1.807, 2.05) is 67.6 Å². The zero-order chi connectivity index (χ0) is 21.5. The van der Waals surface area contributed by atoms with Crippen molar-refractivity contribution in [2.24, 2.45) is 0 Å². The lowest BCUT2D eigenvalue weighted by molar-refractivity contribution is -0.136. The van der Waals surface area contributed by atoms with Gasteiger partial charge < -0.3 is 9.84 Å². The Morgan fingerprint density at radius 1 is 0.967 bits per heavy atom. The molecule has 2 aliphatic carbocycles. The fourth-order valence-electron chi connectivity index (χ4n) is 3.19. The highest BCUT2D eigenvalue weighted by atomic mass is 16.5. The molecule has 1 N–H and O–H groups in total. The lowest BCUT2D eigenvalue weighted by Crippen LogP contribution is -2.15. The van der Waals surface area contributed by atoms with E-state index in [2.05, 4.69) is 0 Å². The Balaban J connectivity index is 1.93. The van der Waals surface area contributed by atoms with Gasteiger partial charge in [-0.1, -0.05) is 78.9 Å². The van der Waals surface area contributed by atoms with Crippen molar-refractivity contribution in [3.05, 3.63) is 124 Å². The van der Waals surface area contributed by atoms with Crippen LogP contribution < -0.4 is 0 Å². The molecule has 0 bridgehead atoms. The summed E-state index contributed by atoms with van der Waals surface area (Å²) in [5.74, 6) is -1.88. The van der Waals surface area contributed by atoms with Crippen LogP contribution in [0.15, 0.2) is 119 Å². The Labute approximate surface area is 175 Å². The van der Waals surface area contributed by atoms with Gasteiger partial charge >= 0.3 is 11.9 Å². The normalized spacial score (nSPS) is 16.3. The molecule has 0 radical (unpaired) electrons. The van der Waals surface area contributed by atoms with Gasteiger partial charge in [0.05, 0.1) is 17.4 Å².